The monoisotopic (exact) mass is 256 g/mol. The molecule has 0 heterocycles. The lowest BCUT2D eigenvalue weighted by Crippen LogP contribution is -2.51. The maximum atomic E-state index is 7.50. The van der Waals surface area contributed by atoms with Crippen molar-refractivity contribution in [3.05, 3.63) is 11.1 Å². The Morgan fingerprint density at radius 2 is 1.27 bits per heavy atom. The molecule has 1 nitrogen and oxygen atoms in total. The molecule has 87 valence electrons. The van der Waals surface area contributed by atoms with E-state index in [1.165, 1.54) is 0 Å². The molecule has 0 aromatic heterocycles. The van der Waals surface area contributed by atoms with Gasteiger partial charge in [0, 0.05) is 10.3 Å². The lowest BCUT2D eigenvalue weighted by atomic mass is 10.6. The van der Waals surface area contributed by atoms with Crippen LogP contribution in [0.15, 0.2) is 0 Å². The van der Waals surface area contributed by atoms with E-state index in [1.54, 1.807) is 0 Å². The molecule has 0 amide bonds. The zero-order valence-electron chi connectivity index (χ0n) is 11.6. The molecule has 0 saturated heterocycles. The van der Waals surface area contributed by atoms with Crippen molar-refractivity contribution in [2.24, 2.45) is 0 Å². The van der Waals surface area contributed by atoms with Crippen molar-refractivity contribution in [1.29, 1.82) is 0 Å². The standard InChI is InChI=1S/C11H26NSi3/c1-10(2)13(12-3)11(14(4,5)6)15(7,8)9/h10-11H,1-2,4-9H3. The Morgan fingerprint density at radius 1 is 0.933 bits per heavy atom. The highest BCUT2D eigenvalue weighted by atomic mass is 28.4. The van der Waals surface area contributed by atoms with Gasteiger partial charge in [0.25, 0.3) is 0 Å². The van der Waals surface area contributed by atoms with Crippen LogP contribution in [0.2, 0.25) is 49.6 Å². The number of rotatable bonds is 4. The van der Waals surface area contributed by atoms with Gasteiger partial charge in [-0.2, -0.15) is 0 Å². The second kappa shape index (κ2) is 4.98. The Balaban J connectivity index is 5.22. The van der Waals surface area contributed by atoms with Gasteiger partial charge < -0.3 is 4.51 Å². The van der Waals surface area contributed by atoms with Crippen LogP contribution in [-0.4, -0.2) is 25.1 Å². The van der Waals surface area contributed by atoms with Gasteiger partial charge in [0.05, 0.1) is 16.1 Å². The fraction of sp³-hybridized carbons (Fsp3) is 0.909. The van der Waals surface area contributed by atoms with Gasteiger partial charge >= 0.3 is 8.96 Å². The highest BCUT2D eigenvalue weighted by molar-refractivity contribution is 7.08. The summed E-state index contributed by atoms with van der Waals surface area (Å²) in [4.78, 5) is 0.812. The summed E-state index contributed by atoms with van der Waals surface area (Å²) in [6, 6.07) is 0. The van der Waals surface area contributed by atoms with E-state index in [1.807, 2.05) is 0 Å². The molecule has 0 N–H and O–H groups in total. The topological polar surface area (TPSA) is 4.36 Å². The lowest BCUT2D eigenvalue weighted by molar-refractivity contribution is 1.03. The number of hydrogen-bond donors (Lipinski definition) is 0. The fourth-order valence-corrected chi connectivity index (χ4v) is 23.6. The van der Waals surface area contributed by atoms with Crippen LogP contribution < -0.4 is 0 Å². The van der Waals surface area contributed by atoms with Gasteiger partial charge in [0.15, 0.2) is 0 Å². The fourth-order valence-electron chi connectivity index (χ4n) is 2.71. The average molecular weight is 257 g/mol. The molecule has 0 saturated carbocycles. The molecule has 0 unspecified atom stereocenters. The molecule has 0 atom stereocenters. The molecule has 4 heteroatoms. The second-order valence-electron chi connectivity index (χ2n) is 6.86. The zero-order chi connectivity index (χ0) is 12.4. The first kappa shape index (κ1) is 15.1. The van der Waals surface area contributed by atoms with Gasteiger partial charge in [-0.05, 0) is 0 Å². The van der Waals surface area contributed by atoms with Gasteiger partial charge in [-0.15, -0.1) is 0 Å². The SMILES string of the molecule is [C-]#[N+][Si](C(C)C)C([Si](C)(C)C)[Si](C)(C)C. The molecule has 0 spiro atoms. The molecule has 0 rings (SSSR count). The molecule has 0 aromatic carbocycles. The smallest absolute Gasteiger partial charge is 0.406 e. The van der Waals surface area contributed by atoms with Crippen LogP contribution in [0.25, 0.3) is 4.51 Å². The van der Waals surface area contributed by atoms with Crippen LogP contribution in [0, 0.1) is 6.57 Å². The predicted octanol–water partition coefficient (Wildman–Crippen LogP) is 4.43. The van der Waals surface area contributed by atoms with E-state index in [0.717, 1.165) is 4.79 Å². The first-order chi connectivity index (χ1) is 6.51. The molecule has 0 aliphatic carbocycles. The van der Waals surface area contributed by atoms with Gasteiger partial charge in [-0.25, -0.2) is 0 Å². The van der Waals surface area contributed by atoms with Crippen LogP contribution in [0.3, 0.4) is 0 Å². The maximum absolute atomic E-state index is 7.50. The van der Waals surface area contributed by atoms with E-state index in [2.05, 4.69) is 57.6 Å². The third-order valence-corrected chi connectivity index (χ3v) is 20.4. The summed E-state index contributed by atoms with van der Waals surface area (Å²) in [5.41, 5.74) is 0.607. The highest BCUT2D eigenvalue weighted by Crippen LogP contribution is 2.38. The average Bonchev–Trinajstić information content (AvgIpc) is 1.93. The van der Waals surface area contributed by atoms with Crippen LogP contribution >= 0.6 is 0 Å². The minimum absolute atomic E-state index is 0.607. The summed E-state index contributed by atoms with van der Waals surface area (Å²) in [5.74, 6) is 0. The molecular weight excluding hydrogens is 230 g/mol. The number of nitrogens with zero attached hydrogens (tertiary/aromatic N) is 1. The first-order valence-corrected chi connectivity index (χ1v) is 14.5. The minimum Gasteiger partial charge on any atom is -0.406 e. The van der Waals surface area contributed by atoms with E-state index >= 15 is 0 Å². The Bertz CT molecular complexity index is 228. The quantitative estimate of drug-likeness (QED) is 0.518. The van der Waals surface area contributed by atoms with Crippen LogP contribution in [0.5, 0.6) is 0 Å². The van der Waals surface area contributed by atoms with Crippen molar-refractivity contribution in [1.82, 2.24) is 0 Å². The Morgan fingerprint density at radius 3 is 1.33 bits per heavy atom. The summed E-state index contributed by atoms with van der Waals surface area (Å²) >= 11 is 0. The molecule has 0 fully saturated rings. The van der Waals surface area contributed by atoms with Crippen molar-refractivity contribution in [3.8, 4) is 0 Å². The molecule has 0 aliphatic heterocycles. The Hall–Kier alpha value is 0.141. The first-order valence-electron chi connectivity index (χ1n) is 5.76. The van der Waals surface area contributed by atoms with E-state index in [4.69, 9.17) is 6.57 Å². The third-order valence-electron chi connectivity index (χ3n) is 2.75. The van der Waals surface area contributed by atoms with Crippen molar-refractivity contribution in [3.63, 3.8) is 0 Å². The lowest BCUT2D eigenvalue weighted by Gasteiger charge is -2.37. The van der Waals surface area contributed by atoms with Crippen molar-refractivity contribution >= 4 is 25.1 Å². The second-order valence-corrected chi connectivity index (χ2v) is 22.0. The normalized spacial score (nSPS) is 13.7. The summed E-state index contributed by atoms with van der Waals surface area (Å²) in [6.07, 6.45) is 0. The van der Waals surface area contributed by atoms with E-state index in [9.17, 15) is 0 Å². The number of hydrogen-bond acceptors (Lipinski definition) is 0. The van der Waals surface area contributed by atoms with Crippen LogP contribution in [-0.2, 0) is 0 Å². The van der Waals surface area contributed by atoms with Crippen LogP contribution in [0.1, 0.15) is 13.8 Å². The summed E-state index contributed by atoms with van der Waals surface area (Å²) in [7, 11) is -3.19. The van der Waals surface area contributed by atoms with Gasteiger partial charge in [0.2, 0.25) is 0 Å². The van der Waals surface area contributed by atoms with Crippen molar-refractivity contribution in [2.75, 3.05) is 0 Å². The van der Waals surface area contributed by atoms with E-state index in [0.29, 0.717) is 5.54 Å². The van der Waals surface area contributed by atoms with E-state index < -0.39 is 25.1 Å². The largest absolute Gasteiger partial charge is 0.512 e. The van der Waals surface area contributed by atoms with Gasteiger partial charge in [-0.1, -0.05) is 53.1 Å². The molecule has 15 heavy (non-hydrogen) atoms. The minimum atomic E-state index is -1.18. The van der Waals surface area contributed by atoms with Crippen molar-refractivity contribution < 1.29 is 0 Å². The summed E-state index contributed by atoms with van der Waals surface area (Å²) in [6.45, 7) is 26.7. The summed E-state index contributed by atoms with van der Waals surface area (Å²) < 4.78 is 4.04. The molecular formula is C11H26NSi3. The highest BCUT2D eigenvalue weighted by Gasteiger charge is 2.52. The van der Waals surface area contributed by atoms with Gasteiger partial charge in [0.1, 0.15) is 0 Å². The Kier molecular flexibility index (Phi) is 5.03. The van der Waals surface area contributed by atoms with Crippen LogP contribution in [0.4, 0.5) is 0 Å². The third kappa shape index (κ3) is 4.25. The summed E-state index contributed by atoms with van der Waals surface area (Å²) in [5, 5.41) is 0. The molecule has 0 aromatic rings. The zero-order valence-corrected chi connectivity index (χ0v) is 14.6. The maximum Gasteiger partial charge on any atom is 0.512 e. The molecule has 0 bridgehead atoms. The molecule has 1 radical (unpaired) electrons. The van der Waals surface area contributed by atoms with Crippen molar-refractivity contribution in [2.45, 2.75) is 63.5 Å². The van der Waals surface area contributed by atoms with E-state index in [-0.39, 0.29) is 0 Å². The van der Waals surface area contributed by atoms with Gasteiger partial charge in [-0.3, -0.25) is 6.57 Å². The Labute approximate surface area is 99.8 Å². The predicted molar refractivity (Wildman–Crippen MR) is 77.9 cm³/mol. The molecule has 0 aliphatic rings.